The van der Waals surface area contributed by atoms with Crippen LogP contribution in [-0.2, 0) is 16.6 Å². The maximum Gasteiger partial charge on any atom is 0.242 e. The van der Waals surface area contributed by atoms with Gasteiger partial charge < -0.3 is 0 Å². The van der Waals surface area contributed by atoms with Crippen molar-refractivity contribution in [2.45, 2.75) is 11.4 Å². The van der Waals surface area contributed by atoms with Crippen LogP contribution in [0.2, 0.25) is 10.0 Å². The number of benzene rings is 1. The number of hydrogen-bond donors (Lipinski definition) is 2. The summed E-state index contributed by atoms with van der Waals surface area (Å²) in [6.07, 6.45) is 0. The Bertz CT molecular complexity index is 691. The van der Waals surface area contributed by atoms with Gasteiger partial charge in [-0.3, -0.25) is 0 Å². The fourth-order valence-electron chi connectivity index (χ4n) is 1.21. The maximum absolute atomic E-state index is 13.4. The number of nitrogens with one attached hydrogen (secondary N) is 2. The second-order valence-electron chi connectivity index (χ2n) is 3.33. The van der Waals surface area contributed by atoms with Gasteiger partial charge in [0.25, 0.3) is 0 Å². The molecule has 0 amide bonds. The zero-order chi connectivity index (χ0) is 14.0. The van der Waals surface area contributed by atoms with Crippen molar-refractivity contribution >= 4 is 33.2 Å². The van der Waals surface area contributed by atoms with Crippen LogP contribution in [0, 0.1) is 5.82 Å². The molecule has 0 fully saturated rings. The first-order valence-corrected chi connectivity index (χ1v) is 7.01. The fraction of sp³-hybridized carbons (Fsp3) is 0.125. The zero-order valence-electron chi connectivity index (χ0n) is 9.06. The molecule has 0 radical (unpaired) electrons. The first kappa shape index (κ1) is 14.1. The van der Waals surface area contributed by atoms with Crippen LogP contribution >= 0.6 is 23.2 Å². The third-order valence-electron chi connectivity index (χ3n) is 2.10. The highest BCUT2D eigenvalue weighted by molar-refractivity contribution is 7.89. The Morgan fingerprint density at radius 1 is 1.37 bits per heavy atom. The molecule has 2 aromatic rings. The van der Waals surface area contributed by atoms with E-state index in [-0.39, 0.29) is 17.4 Å². The molecule has 2 N–H and O–H groups in total. The van der Waals surface area contributed by atoms with Gasteiger partial charge in [0.1, 0.15) is 4.90 Å². The number of tetrazole rings is 1. The predicted molar refractivity (Wildman–Crippen MR) is 64.6 cm³/mol. The fourth-order valence-corrected chi connectivity index (χ4v) is 2.93. The first-order chi connectivity index (χ1) is 8.92. The Morgan fingerprint density at radius 3 is 2.74 bits per heavy atom. The second kappa shape index (κ2) is 5.37. The number of rotatable bonds is 4. The van der Waals surface area contributed by atoms with Gasteiger partial charge >= 0.3 is 0 Å². The molecule has 11 heteroatoms. The van der Waals surface area contributed by atoms with E-state index in [0.29, 0.717) is 0 Å². The lowest BCUT2D eigenvalue weighted by atomic mass is 10.3. The van der Waals surface area contributed by atoms with E-state index in [1.807, 2.05) is 0 Å². The lowest BCUT2D eigenvalue weighted by molar-refractivity contribution is 0.576. The van der Waals surface area contributed by atoms with E-state index in [1.165, 1.54) is 0 Å². The summed E-state index contributed by atoms with van der Waals surface area (Å²) < 4.78 is 39.4. The lowest BCUT2D eigenvalue weighted by Gasteiger charge is -2.08. The Labute approximate surface area is 117 Å². The van der Waals surface area contributed by atoms with Gasteiger partial charge in [0.15, 0.2) is 11.6 Å². The summed E-state index contributed by atoms with van der Waals surface area (Å²) in [7, 11) is -4.01. The summed E-state index contributed by atoms with van der Waals surface area (Å²) >= 11 is 11.1. The van der Waals surface area contributed by atoms with Crippen LogP contribution in [0.15, 0.2) is 17.0 Å². The molecule has 2 rings (SSSR count). The van der Waals surface area contributed by atoms with Crippen LogP contribution in [0.25, 0.3) is 0 Å². The molecule has 0 aliphatic rings. The number of halogens is 3. The van der Waals surface area contributed by atoms with Crippen LogP contribution in [0.5, 0.6) is 0 Å². The van der Waals surface area contributed by atoms with E-state index in [2.05, 4.69) is 25.3 Å². The smallest absolute Gasteiger partial charge is 0.207 e. The Balaban J connectivity index is 2.27. The van der Waals surface area contributed by atoms with E-state index >= 15 is 0 Å². The van der Waals surface area contributed by atoms with Crippen molar-refractivity contribution in [3.8, 4) is 0 Å². The molecule has 102 valence electrons. The molecule has 0 saturated carbocycles. The summed E-state index contributed by atoms with van der Waals surface area (Å²) in [5.74, 6) is -0.861. The van der Waals surface area contributed by atoms with Crippen LogP contribution in [0.3, 0.4) is 0 Å². The third-order valence-corrected chi connectivity index (χ3v) is 4.32. The normalized spacial score (nSPS) is 11.7. The molecule has 1 aromatic heterocycles. The summed E-state index contributed by atoms with van der Waals surface area (Å²) in [5.41, 5.74) is 0. The molecular formula is C8H6Cl2FN5O2S. The molecule has 1 heterocycles. The lowest BCUT2D eigenvalue weighted by Crippen LogP contribution is -2.24. The molecule has 19 heavy (non-hydrogen) atoms. The van der Waals surface area contributed by atoms with Crippen LogP contribution in [0.4, 0.5) is 4.39 Å². The van der Waals surface area contributed by atoms with Crippen molar-refractivity contribution in [1.82, 2.24) is 25.3 Å². The number of aromatic amines is 1. The number of aromatic nitrogens is 4. The highest BCUT2D eigenvalue weighted by Crippen LogP contribution is 2.29. The monoisotopic (exact) mass is 325 g/mol. The average Bonchev–Trinajstić information content (AvgIpc) is 2.86. The van der Waals surface area contributed by atoms with Crippen molar-refractivity contribution in [1.29, 1.82) is 0 Å². The molecule has 0 spiro atoms. The van der Waals surface area contributed by atoms with E-state index in [0.717, 1.165) is 12.1 Å². The second-order valence-corrected chi connectivity index (χ2v) is 5.85. The van der Waals surface area contributed by atoms with Gasteiger partial charge in [0.2, 0.25) is 10.0 Å². The SMILES string of the molecule is O=S(=O)(NCc1nn[nH]n1)c1ccc(Cl)c(F)c1Cl. The van der Waals surface area contributed by atoms with E-state index in [4.69, 9.17) is 23.2 Å². The number of H-pyrrole nitrogens is 1. The molecular weight excluding hydrogens is 320 g/mol. The topological polar surface area (TPSA) is 101 Å². The molecule has 0 bridgehead atoms. The Morgan fingerprint density at radius 2 is 2.11 bits per heavy atom. The largest absolute Gasteiger partial charge is 0.242 e. The Hall–Kier alpha value is -1.29. The van der Waals surface area contributed by atoms with Crippen molar-refractivity contribution in [3.05, 3.63) is 33.8 Å². The van der Waals surface area contributed by atoms with Crippen molar-refractivity contribution in [3.63, 3.8) is 0 Å². The molecule has 1 aromatic carbocycles. The highest BCUT2D eigenvalue weighted by Gasteiger charge is 2.22. The van der Waals surface area contributed by atoms with E-state index < -0.39 is 25.8 Å². The minimum absolute atomic E-state index is 0.133. The summed E-state index contributed by atoms with van der Waals surface area (Å²) in [5, 5.41) is 11.7. The van der Waals surface area contributed by atoms with Gasteiger partial charge in [-0.05, 0) is 12.1 Å². The summed E-state index contributed by atoms with van der Waals surface area (Å²) in [6.45, 7) is -0.209. The van der Waals surface area contributed by atoms with Crippen molar-refractivity contribution < 1.29 is 12.8 Å². The van der Waals surface area contributed by atoms with Gasteiger partial charge in [-0.25, -0.2) is 17.5 Å². The van der Waals surface area contributed by atoms with Gasteiger partial charge in [0, 0.05) is 0 Å². The standard InChI is InChI=1S/C8H6Cl2FN5O2S/c9-4-1-2-5(7(10)8(4)11)19(17,18)12-3-6-13-15-16-14-6/h1-2,12H,3H2,(H,13,14,15,16). The third kappa shape index (κ3) is 3.00. The number of nitrogens with zero attached hydrogens (tertiary/aromatic N) is 3. The number of hydrogen-bond acceptors (Lipinski definition) is 5. The molecule has 0 atom stereocenters. The minimum atomic E-state index is -4.01. The van der Waals surface area contributed by atoms with Gasteiger partial charge in [-0.1, -0.05) is 28.4 Å². The number of sulfonamides is 1. The van der Waals surface area contributed by atoms with Crippen LogP contribution in [-0.4, -0.2) is 29.0 Å². The molecule has 7 nitrogen and oxygen atoms in total. The minimum Gasteiger partial charge on any atom is -0.207 e. The van der Waals surface area contributed by atoms with E-state index in [9.17, 15) is 12.8 Å². The predicted octanol–water partition coefficient (Wildman–Crippen LogP) is 1.12. The quantitative estimate of drug-likeness (QED) is 0.820. The van der Waals surface area contributed by atoms with Crippen LogP contribution < -0.4 is 4.72 Å². The maximum atomic E-state index is 13.4. The van der Waals surface area contributed by atoms with Gasteiger partial charge in [-0.2, -0.15) is 5.21 Å². The van der Waals surface area contributed by atoms with Crippen LogP contribution in [0.1, 0.15) is 5.82 Å². The summed E-state index contributed by atoms with van der Waals surface area (Å²) in [6, 6.07) is 2.21. The highest BCUT2D eigenvalue weighted by atomic mass is 35.5. The molecule has 0 aliphatic carbocycles. The van der Waals surface area contributed by atoms with Gasteiger partial charge in [-0.15, -0.1) is 10.2 Å². The van der Waals surface area contributed by atoms with Crippen molar-refractivity contribution in [2.75, 3.05) is 0 Å². The molecule has 0 aliphatic heterocycles. The zero-order valence-corrected chi connectivity index (χ0v) is 11.4. The first-order valence-electron chi connectivity index (χ1n) is 4.77. The molecule has 0 unspecified atom stereocenters. The summed E-state index contributed by atoms with van der Waals surface area (Å²) in [4.78, 5) is -0.417. The van der Waals surface area contributed by atoms with E-state index in [1.54, 1.807) is 0 Å². The van der Waals surface area contributed by atoms with Gasteiger partial charge in [0.05, 0.1) is 16.6 Å². The average molecular weight is 326 g/mol. The molecule has 0 saturated heterocycles. The Kier molecular flexibility index (Phi) is 3.99. The van der Waals surface area contributed by atoms with Crippen molar-refractivity contribution in [2.24, 2.45) is 0 Å².